The number of hydrogen-bond donors (Lipinski definition) is 2. The van der Waals surface area contributed by atoms with Crippen LogP contribution < -0.4 is 37.2 Å². The molecule has 0 bridgehead atoms. The monoisotopic (exact) mass is 1010 g/mol. The van der Waals surface area contributed by atoms with E-state index in [4.69, 9.17) is 0 Å². The summed E-state index contributed by atoms with van der Waals surface area (Å²) in [6.07, 6.45) is 57.7. The lowest BCUT2D eigenvalue weighted by atomic mass is 10.0. The van der Waals surface area contributed by atoms with Gasteiger partial charge in [0.15, 0.2) is 12.2 Å². The topological polar surface area (TPSA) is 40.5 Å². The maximum absolute atomic E-state index is 11.7. The molecule has 5 nitrogen and oxygen atoms in total. The minimum absolute atomic E-state index is 0. The van der Waals surface area contributed by atoms with E-state index < -0.39 is 0 Å². The SMILES string of the molecule is CCCCCCCCCCCCCCCC[N+](C)(C)CC(O)C[N+](C)(CCCCCCCCCCCCCCCC)CC(O)C[N+](C)(C)CCCCCCCCCCCCCCCC.[Cl-].[Cl-].[Cl-]. The lowest BCUT2D eigenvalue weighted by molar-refractivity contribution is -0.935. The van der Waals surface area contributed by atoms with Crippen molar-refractivity contribution in [3.63, 3.8) is 0 Å². The quantitative estimate of drug-likeness (QED) is 0.0484. The van der Waals surface area contributed by atoms with Crippen LogP contribution >= 0.6 is 0 Å². The molecule has 0 aliphatic heterocycles. The molecule has 8 heteroatoms. The zero-order valence-electron chi connectivity index (χ0n) is 47.2. The van der Waals surface area contributed by atoms with Crippen LogP contribution in [0.25, 0.3) is 0 Å². The molecule has 0 rings (SSSR count). The predicted molar refractivity (Wildman–Crippen MR) is 287 cm³/mol. The normalized spacial score (nSPS) is 13.7. The van der Waals surface area contributed by atoms with Gasteiger partial charge < -0.3 is 60.9 Å². The average Bonchev–Trinajstić information content (AvgIpc) is 3.23. The molecule has 0 spiro atoms. The Morgan fingerprint density at radius 2 is 0.403 bits per heavy atom. The molecule has 2 atom stereocenters. The highest BCUT2D eigenvalue weighted by Gasteiger charge is 2.34. The minimum Gasteiger partial charge on any atom is -1.00 e. The van der Waals surface area contributed by atoms with Crippen LogP contribution in [0.2, 0.25) is 0 Å². The third-order valence-corrected chi connectivity index (χ3v) is 15.0. The largest absolute Gasteiger partial charge is 1.00 e. The molecule has 0 amide bonds. The van der Waals surface area contributed by atoms with Gasteiger partial charge in [0.05, 0.1) is 54.9 Å². The zero-order valence-corrected chi connectivity index (χ0v) is 49.4. The standard InChI is InChI=1S/C59H126N3O2.3ClH/c1-9-12-15-18-21-24-27-30-33-36-39-42-45-48-51-60(4,5)54-58(63)56-62(8,53-50-47-44-41-38-35-32-29-26-23-20-17-14-11-3)57-59(64)55-61(6,7)52-49-46-43-40-37-34-31-28-25-22-19-16-13-10-2;;;/h58-59,63-64H,9-57H2,1-8H3;3*1H/q+3;;;/p-3. The van der Waals surface area contributed by atoms with Crippen LogP contribution in [0.3, 0.4) is 0 Å². The molecule has 0 aliphatic carbocycles. The van der Waals surface area contributed by atoms with Crippen molar-refractivity contribution in [3.05, 3.63) is 0 Å². The van der Waals surface area contributed by atoms with Gasteiger partial charge in [-0.2, -0.15) is 0 Å². The number of hydrogen-bond acceptors (Lipinski definition) is 2. The fraction of sp³-hybridized carbons (Fsp3) is 1.00. The molecule has 2 N–H and O–H groups in total. The molecule has 0 saturated carbocycles. The smallest absolute Gasteiger partial charge is 0.152 e. The molecular formula is C59H126Cl3N3O2. The van der Waals surface area contributed by atoms with E-state index in [1.165, 1.54) is 270 Å². The van der Waals surface area contributed by atoms with Gasteiger partial charge in [-0.25, -0.2) is 0 Å². The van der Waals surface area contributed by atoms with Crippen LogP contribution in [0.15, 0.2) is 0 Å². The first kappa shape index (κ1) is 74.2. The number of rotatable bonds is 53. The van der Waals surface area contributed by atoms with Crippen LogP contribution in [0.5, 0.6) is 0 Å². The molecule has 0 aromatic rings. The Hall–Kier alpha value is 0.670. The number of nitrogens with zero attached hydrogens (tertiary/aromatic N) is 3. The molecule has 410 valence electrons. The Bertz CT molecular complexity index is 888. The summed E-state index contributed by atoms with van der Waals surface area (Å²) in [5.41, 5.74) is 0. The van der Waals surface area contributed by atoms with Crippen molar-refractivity contribution in [1.82, 2.24) is 0 Å². The Balaban J connectivity index is -0.00000661. The molecule has 67 heavy (non-hydrogen) atoms. The first-order valence-corrected chi connectivity index (χ1v) is 29.7. The molecule has 0 fully saturated rings. The van der Waals surface area contributed by atoms with Crippen molar-refractivity contribution in [3.8, 4) is 0 Å². The number of aliphatic hydroxyl groups excluding tert-OH is 2. The van der Waals surface area contributed by atoms with E-state index in [0.29, 0.717) is 0 Å². The summed E-state index contributed by atoms with van der Waals surface area (Å²) in [6, 6.07) is 0. The van der Waals surface area contributed by atoms with Crippen LogP contribution in [0.1, 0.15) is 290 Å². The molecule has 0 aromatic carbocycles. The fourth-order valence-corrected chi connectivity index (χ4v) is 10.9. The van der Waals surface area contributed by atoms with Crippen molar-refractivity contribution >= 4 is 0 Å². The Labute approximate surface area is 442 Å². The third-order valence-electron chi connectivity index (χ3n) is 15.0. The summed E-state index contributed by atoms with van der Waals surface area (Å²) in [5, 5.41) is 23.3. The van der Waals surface area contributed by atoms with Crippen LogP contribution in [-0.2, 0) is 0 Å². The fourth-order valence-electron chi connectivity index (χ4n) is 10.9. The Morgan fingerprint density at radius 1 is 0.239 bits per heavy atom. The summed E-state index contributed by atoms with van der Waals surface area (Å²) in [7, 11) is 11.7. The van der Waals surface area contributed by atoms with Crippen LogP contribution in [-0.4, -0.2) is 117 Å². The summed E-state index contributed by atoms with van der Waals surface area (Å²) in [5.74, 6) is 0. The van der Waals surface area contributed by atoms with Gasteiger partial charge >= 0.3 is 0 Å². The molecule has 2 unspecified atom stereocenters. The van der Waals surface area contributed by atoms with E-state index in [2.05, 4.69) is 56.0 Å². The lowest BCUT2D eigenvalue weighted by Gasteiger charge is -2.41. The molecule has 0 aliphatic rings. The van der Waals surface area contributed by atoms with Crippen molar-refractivity contribution < 1.29 is 60.9 Å². The van der Waals surface area contributed by atoms with E-state index >= 15 is 0 Å². The minimum atomic E-state index is -0.344. The Kier molecular flexibility index (Phi) is 58.7. The average molecular weight is 1020 g/mol. The highest BCUT2D eigenvalue weighted by atomic mass is 35.5. The molecule has 0 radical (unpaired) electrons. The van der Waals surface area contributed by atoms with Gasteiger partial charge in [0.1, 0.15) is 26.2 Å². The summed E-state index contributed by atoms with van der Waals surface area (Å²) in [4.78, 5) is 0. The van der Waals surface area contributed by atoms with Crippen molar-refractivity contribution in [2.24, 2.45) is 0 Å². The van der Waals surface area contributed by atoms with Crippen LogP contribution in [0.4, 0.5) is 0 Å². The molecule has 0 saturated heterocycles. The molecule has 0 aromatic heterocycles. The van der Waals surface area contributed by atoms with Crippen molar-refractivity contribution in [1.29, 1.82) is 0 Å². The van der Waals surface area contributed by atoms with Crippen molar-refractivity contribution in [2.45, 2.75) is 303 Å². The van der Waals surface area contributed by atoms with E-state index in [-0.39, 0.29) is 49.4 Å². The summed E-state index contributed by atoms with van der Waals surface area (Å²) < 4.78 is 2.58. The van der Waals surface area contributed by atoms with E-state index in [0.717, 1.165) is 59.3 Å². The van der Waals surface area contributed by atoms with Gasteiger partial charge in [-0.15, -0.1) is 0 Å². The zero-order chi connectivity index (χ0) is 47.3. The second-order valence-electron chi connectivity index (χ2n) is 23.5. The maximum atomic E-state index is 11.7. The first-order chi connectivity index (χ1) is 30.9. The summed E-state index contributed by atoms with van der Waals surface area (Å²) in [6.45, 7) is 13.4. The number of quaternary nitrogens is 3. The second-order valence-corrected chi connectivity index (χ2v) is 23.5. The highest BCUT2D eigenvalue weighted by molar-refractivity contribution is 4.62. The molecular weight excluding hydrogens is 889 g/mol. The van der Waals surface area contributed by atoms with Crippen LogP contribution in [0, 0.1) is 0 Å². The number of halogens is 3. The van der Waals surface area contributed by atoms with Crippen molar-refractivity contribution in [2.75, 3.05) is 81.1 Å². The van der Waals surface area contributed by atoms with Gasteiger partial charge in [0, 0.05) is 0 Å². The van der Waals surface area contributed by atoms with E-state index in [9.17, 15) is 10.2 Å². The maximum Gasteiger partial charge on any atom is 0.152 e. The number of likely N-dealkylation sites (N-methyl/N-ethyl adjacent to an activating group) is 3. The first-order valence-electron chi connectivity index (χ1n) is 29.7. The lowest BCUT2D eigenvalue weighted by Crippen LogP contribution is -3.00. The van der Waals surface area contributed by atoms with Gasteiger partial charge in [0.2, 0.25) is 0 Å². The second kappa shape index (κ2) is 53.0. The van der Waals surface area contributed by atoms with Gasteiger partial charge in [-0.05, 0) is 38.5 Å². The van der Waals surface area contributed by atoms with Gasteiger partial charge in [-0.1, -0.05) is 252 Å². The van der Waals surface area contributed by atoms with E-state index in [1.807, 2.05) is 0 Å². The number of aliphatic hydroxyl groups is 2. The predicted octanol–water partition coefficient (Wildman–Crippen LogP) is 7.76. The summed E-state index contributed by atoms with van der Waals surface area (Å²) >= 11 is 0. The highest BCUT2D eigenvalue weighted by Crippen LogP contribution is 2.19. The van der Waals surface area contributed by atoms with Gasteiger partial charge in [0.25, 0.3) is 0 Å². The van der Waals surface area contributed by atoms with Gasteiger partial charge in [-0.3, -0.25) is 0 Å². The number of unbranched alkanes of at least 4 members (excludes halogenated alkanes) is 39. The molecule has 0 heterocycles. The Morgan fingerprint density at radius 3 is 0.597 bits per heavy atom. The van der Waals surface area contributed by atoms with E-state index in [1.54, 1.807) is 0 Å². The third kappa shape index (κ3) is 54.3.